The summed E-state index contributed by atoms with van der Waals surface area (Å²) in [6.07, 6.45) is -0.365. The van der Waals surface area contributed by atoms with E-state index in [0.29, 0.717) is 11.3 Å². The number of nitrogens with one attached hydrogen (secondary N) is 1. The summed E-state index contributed by atoms with van der Waals surface area (Å²) in [5, 5.41) is 11.3. The fraction of sp³-hybridized carbons (Fsp3) is 0.118. The fourth-order valence-electron chi connectivity index (χ4n) is 1.87. The van der Waals surface area contributed by atoms with E-state index >= 15 is 0 Å². The van der Waals surface area contributed by atoms with Crippen LogP contribution < -0.4 is 5.32 Å². The van der Waals surface area contributed by atoms with E-state index in [2.05, 4.69) is 5.32 Å². The van der Waals surface area contributed by atoms with E-state index in [1.54, 1.807) is 24.3 Å². The number of halogens is 2. The number of ether oxygens (including phenoxy) is 1. The molecule has 0 radical (unpaired) electrons. The first-order chi connectivity index (χ1) is 11.5. The molecule has 122 valence electrons. The molecule has 0 atom stereocenters. The highest BCUT2D eigenvalue weighted by molar-refractivity contribution is 6.31. The normalized spacial score (nSPS) is 9.88. The van der Waals surface area contributed by atoms with Crippen molar-refractivity contribution in [2.75, 3.05) is 11.9 Å². The van der Waals surface area contributed by atoms with Crippen LogP contribution in [0.5, 0.6) is 0 Å². The predicted molar refractivity (Wildman–Crippen MR) is 85.9 cm³/mol. The topological polar surface area (TPSA) is 79.2 Å². The lowest BCUT2D eigenvalue weighted by atomic mass is 10.1. The molecular weight excluding hydrogens is 335 g/mol. The lowest BCUT2D eigenvalue weighted by Crippen LogP contribution is -2.21. The van der Waals surface area contributed by atoms with Gasteiger partial charge in [-0.25, -0.2) is 4.39 Å². The van der Waals surface area contributed by atoms with Gasteiger partial charge in [0.05, 0.1) is 18.1 Å². The summed E-state index contributed by atoms with van der Waals surface area (Å²) in [5.41, 5.74) is 0.949. The average Bonchev–Trinajstić information content (AvgIpc) is 2.57. The SMILES string of the molecule is N#Cc1ccc(NC(=O)COC(=O)Cc2c(F)cccc2Cl)cc1. The van der Waals surface area contributed by atoms with Crippen molar-refractivity contribution in [1.29, 1.82) is 5.26 Å². The van der Waals surface area contributed by atoms with Gasteiger partial charge in [0.2, 0.25) is 0 Å². The fourth-order valence-corrected chi connectivity index (χ4v) is 2.10. The zero-order valence-electron chi connectivity index (χ0n) is 12.4. The molecule has 0 unspecified atom stereocenters. The van der Waals surface area contributed by atoms with Crippen molar-refractivity contribution in [1.82, 2.24) is 0 Å². The maximum atomic E-state index is 13.6. The van der Waals surface area contributed by atoms with Crippen LogP contribution in [-0.2, 0) is 20.7 Å². The van der Waals surface area contributed by atoms with Gasteiger partial charge in [0.1, 0.15) is 5.82 Å². The quantitative estimate of drug-likeness (QED) is 0.844. The van der Waals surface area contributed by atoms with Gasteiger partial charge in [-0.2, -0.15) is 5.26 Å². The van der Waals surface area contributed by atoms with Crippen molar-refractivity contribution in [3.8, 4) is 6.07 Å². The highest BCUT2D eigenvalue weighted by atomic mass is 35.5. The molecule has 5 nitrogen and oxygen atoms in total. The number of anilines is 1. The lowest BCUT2D eigenvalue weighted by molar-refractivity contribution is -0.146. The Bertz CT molecular complexity index is 780. The molecule has 2 rings (SSSR count). The zero-order valence-corrected chi connectivity index (χ0v) is 13.1. The Labute approximate surface area is 142 Å². The second-order valence-electron chi connectivity index (χ2n) is 4.78. The standard InChI is InChI=1S/C17H12ClFN2O3/c18-14-2-1-3-15(19)13(14)8-17(23)24-10-16(22)21-12-6-4-11(9-20)5-7-12/h1-7H,8,10H2,(H,21,22). The van der Waals surface area contributed by atoms with E-state index in [1.165, 1.54) is 18.2 Å². The Balaban J connectivity index is 1.85. The molecule has 0 saturated carbocycles. The van der Waals surface area contributed by atoms with Crippen LogP contribution in [0, 0.1) is 17.1 Å². The zero-order chi connectivity index (χ0) is 17.5. The van der Waals surface area contributed by atoms with Crippen LogP contribution in [0.1, 0.15) is 11.1 Å². The molecule has 2 aromatic carbocycles. The Hall–Kier alpha value is -2.91. The maximum absolute atomic E-state index is 13.6. The number of nitrogens with zero attached hydrogens (tertiary/aromatic N) is 1. The third-order valence-corrected chi connectivity index (χ3v) is 3.40. The average molecular weight is 347 g/mol. The second kappa shape index (κ2) is 8.09. The molecule has 0 aliphatic heterocycles. The molecular formula is C17H12ClFN2O3. The molecule has 24 heavy (non-hydrogen) atoms. The summed E-state index contributed by atoms with van der Waals surface area (Å²) in [6.45, 7) is -0.509. The number of carbonyl (C=O) groups excluding carboxylic acids is 2. The number of hydrogen-bond donors (Lipinski definition) is 1. The molecule has 0 aliphatic carbocycles. The van der Waals surface area contributed by atoms with Crippen molar-refractivity contribution in [3.05, 3.63) is 64.4 Å². The van der Waals surface area contributed by atoms with Crippen LogP contribution in [0.3, 0.4) is 0 Å². The van der Waals surface area contributed by atoms with Crippen LogP contribution >= 0.6 is 11.6 Å². The summed E-state index contributed by atoms with van der Waals surface area (Å²) in [7, 11) is 0. The minimum absolute atomic E-state index is 0.0247. The summed E-state index contributed by atoms with van der Waals surface area (Å²) < 4.78 is 18.4. The van der Waals surface area contributed by atoms with Crippen molar-refractivity contribution in [2.24, 2.45) is 0 Å². The maximum Gasteiger partial charge on any atom is 0.310 e. The van der Waals surface area contributed by atoms with Crippen LogP contribution in [-0.4, -0.2) is 18.5 Å². The van der Waals surface area contributed by atoms with Gasteiger partial charge in [0.25, 0.3) is 5.91 Å². The van der Waals surface area contributed by atoms with Crippen LogP contribution in [0.25, 0.3) is 0 Å². The van der Waals surface area contributed by atoms with Crippen molar-refractivity contribution < 1.29 is 18.7 Å². The van der Waals surface area contributed by atoms with Crippen LogP contribution in [0.4, 0.5) is 10.1 Å². The Morgan fingerprint density at radius 1 is 1.21 bits per heavy atom. The number of hydrogen-bond acceptors (Lipinski definition) is 4. The molecule has 0 aromatic heterocycles. The van der Waals surface area contributed by atoms with Gasteiger partial charge in [-0.1, -0.05) is 17.7 Å². The van der Waals surface area contributed by atoms with Crippen molar-refractivity contribution >= 4 is 29.2 Å². The number of rotatable bonds is 5. The number of amides is 1. The molecule has 1 N–H and O–H groups in total. The summed E-state index contributed by atoms with van der Waals surface area (Å²) in [6, 6.07) is 12.2. The third kappa shape index (κ3) is 4.80. The van der Waals surface area contributed by atoms with Crippen molar-refractivity contribution in [3.63, 3.8) is 0 Å². The molecule has 0 heterocycles. The van der Waals surface area contributed by atoms with E-state index < -0.39 is 24.3 Å². The second-order valence-corrected chi connectivity index (χ2v) is 5.18. The van der Waals surface area contributed by atoms with E-state index in [-0.39, 0.29) is 17.0 Å². The van der Waals surface area contributed by atoms with Gasteiger partial charge in [-0.15, -0.1) is 0 Å². The predicted octanol–water partition coefficient (Wildman–Crippen LogP) is 3.08. The molecule has 0 bridgehead atoms. The lowest BCUT2D eigenvalue weighted by Gasteiger charge is -2.08. The number of nitriles is 1. The highest BCUT2D eigenvalue weighted by Gasteiger charge is 2.14. The first-order valence-electron chi connectivity index (χ1n) is 6.88. The largest absolute Gasteiger partial charge is 0.455 e. The summed E-state index contributed by atoms with van der Waals surface area (Å²) in [5.74, 6) is -1.92. The van der Waals surface area contributed by atoms with E-state index in [0.717, 1.165) is 0 Å². The molecule has 7 heteroatoms. The third-order valence-electron chi connectivity index (χ3n) is 3.04. The Morgan fingerprint density at radius 3 is 2.54 bits per heavy atom. The Kier molecular flexibility index (Phi) is 5.88. The molecule has 0 spiro atoms. The molecule has 0 aliphatic rings. The molecule has 2 aromatic rings. The molecule has 1 amide bonds. The van der Waals surface area contributed by atoms with Crippen LogP contribution in [0.15, 0.2) is 42.5 Å². The van der Waals surface area contributed by atoms with Crippen molar-refractivity contribution in [2.45, 2.75) is 6.42 Å². The molecule has 0 fully saturated rings. The van der Waals surface area contributed by atoms with E-state index in [1.807, 2.05) is 6.07 Å². The van der Waals surface area contributed by atoms with E-state index in [4.69, 9.17) is 21.6 Å². The minimum atomic E-state index is -0.767. The van der Waals surface area contributed by atoms with Crippen LogP contribution in [0.2, 0.25) is 5.02 Å². The van der Waals surface area contributed by atoms with Gasteiger partial charge >= 0.3 is 5.97 Å². The number of esters is 1. The van der Waals surface area contributed by atoms with Gasteiger partial charge in [0.15, 0.2) is 6.61 Å². The highest BCUT2D eigenvalue weighted by Crippen LogP contribution is 2.19. The first-order valence-corrected chi connectivity index (χ1v) is 7.26. The smallest absolute Gasteiger partial charge is 0.310 e. The van der Waals surface area contributed by atoms with E-state index in [9.17, 15) is 14.0 Å². The summed E-state index contributed by atoms with van der Waals surface area (Å²) >= 11 is 5.82. The van der Waals surface area contributed by atoms with Gasteiger partial charge in [0, 0.05) is 16.3 Å². The van der Waals surface area contributed by atoms with Gasteiger partial charge < -0.3 is 10.1 Å². The number of carbonyl (C=O) groups is 2. The first kappa shape index (κ1) is 17.4. The minimum Gasteiger partial charge on any atom is -0.455 e. The summed E-state index contributed by atoms with van der Waals surface area (Å²) in [4.78, 5) is 23.4. The monoisotopic (exact) mass is 346 g/mol. The Morgan fingerprint density at radius 2 is 1.92 bits per heavy atom. The number of benzene rings is 2. The molecule has 0 saturated heterocycles. The van der Waals surface area contributed by atoms with Gasteiger partial charge in [-0.3, -0.25) is 9.59 Å². The van der Waals surface area contributed by atoms with Gasteiger partial charge in [-0.05, 0) is 36.4 Å².